The van der Waals surface area contributed by atoms with Crippen molar-refractivity contribution in [2.75, 3.05) is 13.7 Å². The standard InChI is InChI=1S/C22H25N3O8/c1-32-21(28)19(11-15-7-9-17(10-8-15)25(30)31)24-20(27)12-18(26)13-23-22(29)33-14-16-5-3-2-4-6-16/h2-10,18-19,26H,11-14H2,1H3,(H,23,29)(H,24,27)/t18-,19-/m0/s1. The van der Waals surface area contributed by atoms with Crippen molar-refractivity contribution in [1.29, 1.82) is 0 Å². The molecule has 0 saturated carbocycles. The van der Waals surface area contributed by atoms with Crippen LogP contribution < -0.4 is 10.6 Å². The number of esters is 1. The van der Waals surface area contributed by atoms with Crippen molar-refractivity contribution in [2.45, 2.75) is 31.6 Å². The minimum Gasteiger partial charge on any atom is -0.467 e. The number of nitro benzene ring substituents is 1. The summed E-state index contributed by atoms with van der Waals surface area (Å²) < 4.78 is 9.72. The number of methoxy groups -OCH3 is 1. The monoisotopic (exact) mass is 459 g/mol. The molecule has 0 saturated heterocycles. The Morgan fingerprint density at radius 2 is 1.73 bits per heavy atom. The molecule has 2 aromatic carbocycles. The van der Waals surface area contributed by atoms with Crippen LogP contribution in [0.5, 0.6) is 0 Å². The molecule has 0 unspecified atom stereocenters. The number of alkyl carbamates (subject to hydrolysis) is 1. The quantitative estimate of drug-likeness (QED) is 0.259. The Morgan fingerprint density at radius 3 is 2.33 bits per heavy atom. The van der Waals surface area contributed by atoms with E-state index in [0.29, 0.717) is 5.56 Å². The van der Waals surface area contributed by atoms with Gasteiger partial charge in [0.1, 0.15) is 12.6 Å². The molecular weight excluding hydrogens is 434 g/mol. The first-order valence-electron chi connectivity index (χ1n) is 10.0. The van der Waals surface area contributed by atoms with Crippen LogP contribution >= 0.6 is 0 Å². The van der Waals surface area contributed by atoms with Crippen LogP contribution in [0.4, 0.5) is 10.5 Å². The second kappa shape index (κ2) is 12.8. The van der Waals surface area contributed by atoms with Crippen LogP contribution in [0, 0.1) is 10.1 Å². The maximum absolute atomic E-state index is 12.3. The number of rotatable bonds is 11. The second-order valence-electron chi connectivity index (χ2n) is 7.07. The first-order valence-corrected chi connectivity index (χ1v) is 10.0. The lowest BCUT2D eigenvalue weighted by Gasteiger charge is -2.18. The maximum Gasteiger partial charge on any atom is 0.407 e. The number of carbonyl (C=O) groups is 3. The fraction of sp³-hybridized carbons (Fsp3) is 0.318. The molecule has 2 atom stereocenters. The van der Waals surface area contributed by atoms with Crippen LogP contribution in [-0.4, -0.2) is 53.8 Å². The Kier molecular flexibility index (Phi) is 9.78. The van der Waals surface area contributed by atoms with Crippen molar-refractivity contribution in [3.63, 3.8) is 0 Å². The molecule has 0 spiro atoms. The number of non-ortho nitro benzene ring substituents is 1. The summed E-state index contributed by atoms with van der Waals surface area (Å²) in [5.74, 6) is -1.35. The number of nitrogens with zero attached hydrogens (tertiary/aromatic N) is 1. The van der Waals surface area contributed by atoms with Gasteiger partial charge in [-0.05, 0) is 11.1 Å². The van der Waals surface area contributed by atoms with Crippen LogP contribution in [0.1, 0.15) is 17.5 Å². The molecule has 2 aromatic rings. The van der Waals surface area contributed by atoms with Gasteiger partial charge in [0.15, 0.2) is 0 Å². The molecule has 176 valence electrons. The number of benzene rings is 2. The molecule has 0 fully saturated rings. The van der Waals surface area contributed by atoms with E-state index >= 15 is 0 Å². The number of hydrogen-bond donors (Lipinski definition) is 3. The number of carbonyl (C=O) groups excluding carboxylic acids is 3. The van der Waals surface area contributed by atoms with Crippen molar-refractivity contribution >= 4 is 23.7 Å². The largest absolute Gasteiger partial charge is 0.467 e. The summed E-state index contributed by atoms with van der Waals surface area (Å²) in [6, 6.07) is 13.5. The Morgan fingerprint density at radius 1 is 1.06 bits per heavy atom. The Balaban J connectivity index is 1.80. The molecule has 3 N–H and O–H groups in total. The second-order valence-corrected chi connectivity index (χ2v) is 7.07. The Bertz CT molecular complexity index is 950. The van der Waals surface area contributed by atoms with Gasteiger partial charge in [0, 0.05) is 25.1 Å². The summed E-state index contributed by atoms with van der Waals surface area (Å²) in [7, 11) is 1.16. The molecule has 0 aliphatic rings. The molecule has 2 amide bonds. The van der Waals surface area contributed by atoms with Gasteiger partial charge in [-0.25, -0.2) is 9.59 Å². The third kappa shape index (κ3) is 8.95. The summed E-state index contributed by atoms with van der Waals surface area (Å²) in [4.78, 5) is 46.2. The molecule has 2 rings (SSSR count). The Hall–Kier alpha value is -3.99. The number of aliphatic hydroxyl groups is 1. The maximum atomic E-state index is 12.3. The van der Waals surface area contributed by atoms with E-state index in [-0.39, 0.29) is 31.7 Å². The number of hydrogen-bond acceptors (Lipinski definition) is 8. The van der Waals surface area contributed by atoms with Crippen molar-refractivity contribution in [1.82, 2.24) is 10.6 Å². The average molecular weight is 459 g/mol. The van der Waals surface area contributed by atoms with Crippen molar-refractivity contribution in [3.8, 4) is 0 Å². The van der Waals surface area contributed by atoms with Gasteiger partial charge in [-0.1, -0.05) is 42.5 Å². The summed E-state index contributed by atoms with van der Waals surface area (Å²) in [5.41, 5.74) is 1.27. The fourth-order valence-electron chi connectivity index (χ4n) is 2.84. The van der Waals surface area contributed by atoms with E-state index in [2.05, 4.69) is 10.6 Å². The Labute approximate surface area is 189 Å². The number of aliphatic hydroxyl groups excluding tert-OH is 1. The normalized spacial score (nSPS) is 12.2. The summed E-state index contributed by atoms with van der Waals surface area (Å²) in [6.07, 6.45) is -2.31. The zero-order chi connectivity index (χ0) is 24.2. The summed E-state index contributed by atoms with van der Waals surface area (Å²) >= 11 is 0. The molecule has 0 bridgehead atoms. The van der Waals surface area contributed by atoms with Gasteiger partial charge in [-0.2, -0.15) is 0 Å². The average Bonchev–Trinajstić information content (AvgIpc) is 2.81. The van der Waals surface area contributed by atoms with E-state index in [1.54, 1.807) is 12.1 Å². The lowest BCUT2D eigenvalue weighted by molar-refractivity contribution is -0.384. The lowest BCUT2D eigenvalue weighted by atomic mass is 10.0. The van der Waals surface area contributed by atoms with E-state index in [4.69, 9.17) is 9.47 Å². The minimum absolute atomic E-state index is 0.0383. The highest BCUT2D eigenvalue weighted by atomic mass is 16.6. The van der Waals surface area contributed by atoms with Crippen LogP contribution in [0.3, 0.4) is 0 Å². The number of amides is 2. The minimum atomic E-state index is -1.22. The molecule has 0 heterocycles. The van der Waals surface area contributed by atoms with Crippen LogP contribution in [0.2, 0.25) is 0 Å². The third-order valence-corrected chi connectivity index (χ3v) is 4.52. The van der Waals surface area contributed by atoms with E-state index in [0.717, 1.165) is 12.7 Å². The van der Waals surface area contributed by atoms with E-state index in [1.807, 2.05) is 18.2 Å². The van der Waals surface area contributed by atoms with Crippen molar-refractivity contribution in [3.05, 3.63) is 75.8 Å². The fourth-order valence-corrected chi connectivity index (χ4v) is 2.84. The third-order valence-electron chi connectivity index (χ3n) is 4.52. The van der Waals surface area contributed by atoms with Gasteiger partial charge in [0.25, 0.3) is 5.69 Å². The number of ether oxygens (including phenoxy) is 2. The van der Waals surface area contributed by atoms with Gasteiger partial charge in [0.2, 0.25) is 5.91 Å². The van der Waals surface area contributed by atoms with Crippen molar-refractivity contribution in [2.24, 2.45) is 0 Å². The van der Waals surface area contributed by atoms with Crippen LogP contribution in [-0.2, 0) is 32.1 Å². The van der Waals surface area contributed by atoms with Gasteiger partial charge in [0.05, 0.1) is 24.6 Å². The van der Waals surface area contributed by atoms with Gasteiger partial charge < -0.3 is 25.2 Å². The molecular formula is C22H25N3O8. The first kappa shape index (κ1) is 25.3. The van der Waals surface area contributed by atoms with Crippen molar-refractivity contribution < 1.29 is 33.9 Å². The zero-order valence-electron chi connectivity index (χ0n) is 17.9. The highest BCUT2D eigenvalue weighted by Gasteiger charge is 2.23. The van der Waals surface area contributed by atoms with Gasteiger partial charge >= 0.3 is 12.1 Å². The van der Waals surface area contributed by atoms with E-state index < -0.39 is 35.0 Å². The number of nitro groups is 1. The molecule has 0 radical (unpaired) electrons. The van der Waals surface area contributed by atoms with E-state index in [9.17, 15) is 29.6 Å². The summed E-state index contributed by atoms with van der Waals surface area (Å²) in [6.45, 7) is -0.168. The molecule has 0 aliphatic carbocycles. The highest BCUT2D eigenvalue weighted by Crippen LogP contribution is 2.14. The smallest absolute Gasteiger partial charge is 0.407 e. The highest BCUT2D eigenvalue weighted by molar-refractivity contribution is 5.85. The first-order chi connectivity index (χ1) is 15.8. The summed E-state index contributed by atoms with van der Waals surface area (Å²) in [5, 5.41) is 25.6. The predicted molar refractivity (Wildman–Crippen MR) is 116 cm³/mol. The molecule has 0 aliphatic heterocycles. The lowest BCUT2D eigenvalue weighted by Crippen LogP contribution is -2.45. The molecule has 11 nitrogen and oxygen atoms in total. The predicted octanol–water partition coefficient (Wildman–Crippen LogP) is 1.47. The molecule has 0 aromatic heterocycles. The zero-order valence-corrected chi connectivity index (χ0v) is 17.9. The molecule has 11 heteroatoms. The SMILES string of the molecule is COC(=O)[C@H](Cc1ccc([N+](=O)[O-])cc1)NC(=O)C[C@H](O)CNC(=O)OCc1ccccc1. The van der Waals surface area contributed by atoms with Gasteiger partial charge in [-0.15, -0.1) is 0 Å². The number of nitrogens with one attached hydrogen (secondary N) is 2. The molecule has 33 heavy (non-hydrogen) atoms. The van der Waals surface area contributed by atoms with E-state index in [1.165, 1.54) is 24.3 Å². The topological polar surface area (TPSA) is 157 Å². The van der Waals surface area contributed by atoms with Crippen LogP contribution in [0.15, 0.2) is 54.6 Å². The van der Waals surface area contributed by atoms with Crippen LogP contribution in [0.25, 0.3) is 0 Å². The van der Waals surface area contributed by atoms with Gasteiger partial charge in [-0.3, -0.25) is 14.9 Å².